The molecule has 1 aromatic heterocycles. The lowest BCUT2D eigenvalue weighted by atomic mass is 10.0. The molecule has 0 aliphatic carbocycles. The number of imide groups is 2. The second kappa shape index (κ2) is 21.6. The van der Waals surface area contributed by atoms with E-state index in [0.29, 0.717) is 65.3 Å². The molecule has 0 radical (unpaired) electrons. The zero-order valence-corrected chi connectivity index (χ0v) is 36.6. The van der Waals surface area contributed by atoms with Gasteiger partial charge in [0.05, 0.1) is 74.4 Å². The number of carbonyl (C=O) groups excluding carboxylic acids is 5. The highest BCUT2D eigenvalue weighted by atomic mass is 35.5. The summed E-state index contributed by atoms with van der Waals surface area (Å²) in [5.41, 5.74) is 2.38. The van der Waals surface area contributed by atoms with Gasteiger partial charge in [0.2, 0.25) is 11.8 Å². The normalized spacial score (nSPS) is 14.5. The molecule has 1 unspecified atom stereocenters. The fourth-order valence-electron chi connectivity index (χ4n) is 7.27. The SMILES string of the molecule is [C-]#[N+]c1cc(NC(=O)NC)cc(-c2cc3c(=O)cc(-c4ccc(OCCOCCOCCOCCOc5cccc6c5C(=O)N(C5CCC(=O)NC5=O)C6=O)cc4Cl)oc3cc2OCC)c1. The number of carbonyl (C=O) groups is 5. The average molecular weight is 922 g/mol. The number of anilines is 1. The number of benzene rings is 4. The van der Waals surface area contributed by atoms with Crippen LogP contribution in [0.4, 0.5) is 16.2 Å². The first kappa shape index (κ1) is 46.7. The summed E-state index contributed by atoms with van der Waals surface area (Å²) in [4.78, 5) is 80.1. The molecule has 0 saturated carbocycles. The van der Waals surface area contributed by atoms with Gasteiger partial charge in [0.1, 0.15) is 47.8 Å². The predicted octanol–water partition coefficient (Wildman–Crippen LogP) is 6.39. The van der Waals surface area contributed by atoms with Crippen molar-refractivity contribution in [2.24, 2.45) is 0 Å². The Morgan fingerprint density at radius 3 is 2.23 bits per heavy atom. The van der Waals surface area contributed by atoms with E-state index in [1.807, 2.05) is 6.92 Å². The maximum atomic E-state index is 13.5. The third-order valence-electron chi connectivity index (χ3n) is 10.3. The molecule has 3 heterocycles. The first-order chi connectivity index (χ1) is 32.0. The van der Waals surface area contributed by atoms with Crippen molar-refractivity contribution in [1.82, 2.24) is 15.5 Å². The molecule has 7 rings (SSSR count). The van der Waals surface area contributed by atoms with Crippen molar-refractivity contribution in [2.75, 3.05) is 71.8 Å². The van der Waals surface area contributed by atoms with Crippen LogP contribution in [-0.4, -0.2) is 107 Å². The zero-order valence-electron chi connectivity index (χ0n) is 35.9. The first-order valence-electron chi connectivity index (χ1n) is 20.9. The van der Waals surface area contributed by atoms with Crippen LogP contribution >= 0.6 is 11.6 Å². The summed E-state index contributed by atoms with van der Waals surface area (Å²) in [6, 6.07) is 17.6. The van der Waals surface area contributed by atoms with Gasteiger partial charge in [-0.1, -0.05) is 17.7 Å². The average Bonchev–Trinajstić information content (AvgIpc) is 3.56. The summed E-state index contributed by atoms with van der Waals surface area (Å²) in [6.45, 7) is 11.7. The highest BCUT2D eigenvalue weighted by Gasteiger charge is 2.46. The maximum absolute atomic E-state index is 13.5. The molecule has 1 atom stereocenters. The molecule has 18 nitrogen and oxygen atoms in total. The number of amides is 6. The van der Waals surface area contributed by atoms with Crippen molar-refractivity contribution in [3.8, 4) is 39.7 Å². The van der Waals surface area contributed by atoms with Crippen molar-refractivity contribution < 1.29 is 56.8 Å². The molecule has 4 aromatic carbocycles. The van der Waals surface area contributed by atoms with Crippen LogP contribution in [0.3, 0.4) is 0 Å². The molecule has 6 amide bonds. The number of fused-ring (bicyclic) bond motifs is 2. The molecule has 5 aromatic rings. The van der Waals surface area contributed by atoms with E-state index in [1.54, 1.807) is 60.7 Å². The van der Waals surface area contributed by atoms with Crippen molar-refractivity contribution in [3.05, 3.63) is 111 Å². The molecule has 0 spiro atoms. The lowest BCUT2D eigenvalue weighted by molar-refractivity contribution is -0.136. The second-order valence-corrected chi connectivity index (χ2v) is 15.0. The molecule has 342 valence electrons. The summed E-state index contributed by atoms with van der Waals surface area (Å²) < 4.78 is 40.5. The van der Waals surface area contributed by atoms with Gasteiger partial charge in [-0.3, -0.25) is 34.2 Å². The van der Waals surface area contributed by atoms with Crippen LogP contribution in [0.2, 0.25) is 5.02 Å². The highest BCUT2D eigenvalue weighted by Crippen LogP contribution is 2.39. The first-order valence-corrected chi connectivity index (χ1v) is 21.3. The Hall–Kier alpha value is -7.30. The number of urea groups is 1. The van der Waals surface area contributed by atoms with E-state index < -0.39 is 35.7 Å². The lowest BCUT2D eigenvalue weighted by Gasteiger charge is -2.27. The Bertz CT molecular complexity index is 2790. The Morgan fingerprint density at radius 1 is 0.818 bits per heavy atom. The summed E-state index contributed by atoms with van der Waals surface area (Å²) in [5, 5.41) is 7.91. The largest absolute Gasteiger partial charge is 0.493 e. The summed E-state index contributed by atoms with van der Waals surface area (Å²) >= 11 is 6.66. The molecule has 1 saturated heterocycles. The number of hydrogen-bond donors (Lipinski definition) is 3. The molecular formula is C47H44ClN5O13. The minimum Gasteiger partial charge on any atom is -0.493 e. The van der Waals surface area contributed by atoms with Gasteiger partial charge < -0.3 is 43.5 Å². The third kappa shape index (κ3) is 10.8. The topological polar surface area (TPSA) is 215 Å². The quantitative estimate of drug-likeness (QED) is 0.0439. The van der Waals surface area contributed by atoms with Gasteiger partial charge in [-0.2, -0.15) is 0 Å². The van der Waals surface area contributed by atoms with Gasteiger partial charge in [-0.25, -0.2) is 9.64 Å². The van der Waals surface area contributed by atoms with Crippen LogP contribution < -0.4 is 35.6 Å². The van der Waals surface area contributed by atoms with Gasteiger partial charge in [-0.05, 0) is 73.5 Å². The van der Waals surface area contributed by atoms with Crippen LogP contribution in [0.1, 0.15) is 40.5 Å². The number of nitrogens with one attached hydrogen (secondary N) is 3. The Morgan fingerprint density at radius 2 is 1.55 bits per heavy atom. The number of nitrogens with zero attached hydrogens (tertiary/aromatic N) is 2. The molecular weight excluding hydrogens is 878 g/mol. The molecule has 0 bridgehead atoms. The van der Waals surface area contributed by atoms with Crippen molar-refractivity contribution >= 4 is 63.6 Å². The summed E-state index contributed by atoms with van der Waals surface area (Å²) in [7, 11) is 1.48. The predicted molar refractivity (Wildman–Crippen MR) is 240 cm³/mol. The van der Waals surface area contributed by atoms with Crippen molar-refractivity contribution in [2.45, 2.75) is 25.8 Å². The maximum Gasteiger partial charge on any atom is 0.318 e. The Balaban J connectivity index is 0.827. The number of ether oxygens (including phenoxy) is 6. The summed E-state index contributed by atoms with van der Waals surface area (Å²) in [6.07, 6.45) is 0.0891. The molecule has 1 fully saturated rings. The van der Waals surface area contributed by atoms with Gasteiger partial charge >= 0.3 is 6.03 Å². The van der Waals surface area contributed by atoms with E-state index >= 15 is 0 Å². The van der Waals surface area contributed by atoms with Crippen LogP contribution in [0.25, 0.3) is 38.3 Å². The van der Waals surface area contributed by atoms with Crippen LogP contribution in [-0.2, 0) is 23.8 Å². The number of halogens is 1. The lowest BCUT2D eigenvalue weighted by Crippen LogP contribution is -2.54. The number of piperidine rings is 1. The van der Waals surface area contributed by atoms with Crippen LogP contribution in [0.15, 0.2) is 82.0 Å². The molecule has 3 N–H and O–H groups in total. The minimum absolute atomic E-state index is 0.0288. The fourth-order valence-corrected chi connectivity index (χ4v) is 7.54. The van der Waals surface area contributed by atoms with E-state index in [4.69, 9.17) is 51.0 Å². The zero-order chi connectivity index (χ0) is 46.7. The van der Waals surface area contributed by atoms with Crippen LogP contribution in [0, 0.1) is 6.57 Å². The van der Waals surface area contributed by atoms with E-state index in [2.05, 4.69) is 20.8 Å². The van der Waals surface area contributed by atoms with Gasteiger partial charge in [0, 0.05) is 42.4 Å². The van der Waals surface area contributed by atoms with Crippen LogP contribution in [0.5, 0.6) is 17.2 Å². The number of rotatable bonds is 20. The van der Waals surface area contributed by atoms with E-state index in [1.165, 1.54) is 19.2 Å². The van der Waals surface area contributed by atoms with Crippen molar-refractivity contribution in [3.63, 3.8) is 0 Å². The van der Waals surface area contributed by atoms with Gasteiger partial charge in [0.15, 0.2) is 11.1 Å². The number of hydrogen-bond acceptors (Lipinski definition) is 13. The monoisotopic (exact) mass is 921 g/mol. The second-order valence-electron chi connectivity index (χ2n) is 14.6. The molecule has 2 aliphatic rings. The van der Waals surface area contributed by atoms with E-state index in [0.717, 1.165) is 4.90 Å². The van der Waals surface area contributed by atoms with Gasteiger partial charge in [-0.15, -0.1) is 0 Å². The fraction of sp³-hybridized carbons (Fsp3) is 0.298. The molecule has 66 heavy (non-hydrogen) atoms. The molecule has 19 heteroatoms. The Labute approximate surface area is 382 Å². The Kier molecular flexibility index (Phi) is 15.3. The molecule has 2 aliphatic heterocycles. The third-order valence-corrected chi connectivity index (χ3v) is 10.6. The van der Waals surface area contributed by atoms with E-state index in [-0.39, 0.29) is 90.6 Å². The van der Waals surface area contributed by atoms with E-state index in [9.17, 15) is 28.8 Å². The smallest absolute Gasteiger partial charge is 0.318 e. The standard InChI is InChI=1S/C47H44ClN5O13/c1-4-63-39-26-41-34(24-33(39)27-20-28(49-2)22-29(21-27)51-47(59)50-3)37(54)25-40(66-41)31-9-8-30(23-35(31)48)64-18-16-61-14-12-60-13-15-62-17-19-65-38-7-5-6-32-43(38)46(58)53(45(32)57)36-10-11-42(55)52-44(36)56/h5-9,20-26,36H,4,10-19H2,1,3H3,(H2,50,51,59)(H,52,55,56). The van der Waals surface area contributed by atoms with Crippen molar-refractivity contribution in [1.29, 1.82) is 0 Å². The van der Waals surface area contributed by atoms with Gasteiger partial charge in [0.25, 0.3) is 11.8 Å². The highest BCUT2D eigenvalue weighted by molar-refractivity contribution is 6.33. The summed E-state index contributed by atoms with van der Waals surface area (Å²) in [5.74, 6) is -1.06. The minimum atomic E-state index is -1.07.